The maximum atomic E-state index is 13.0. The average Bonchev–Trinajstić information content (AvgIpc) is 2.79. The topological polar surface area (TPSA) is 295 Å². The van der Waals surface area contributed by atoms with Crippen molar-refractivity contribution in [3.63, 3.8) is 0 Å². The number of rotatable bonds is 19. The molecule has 38 heavy (non-hydrogen) atoms. The van der Waals surface area contributed by atoms with E-state index in [1.807, 2.05) is 13.8 Å². The first-order chi connectivity index (χ1) is 17.6. The molecule has 0 spiro atoms. The molecule has 0 heterocycles. The van der Waals surface area contributed by atoms with Crippen LogP contribution in [0.4, 0.5) is 0 Å². The SMILES string of the molecule is CC(C)CC(N)C(=O)NC(CCC(N)=O)C(=O)NC(CCC(=O)O)C(=O)NC(CCCN=C(N)N)C(=O)O. The summed E-state index contributed by atoms with van der Waals surface area (Å²) in [6.07, 6.45) is -0.923. The van der Waals surface area contributed by atoms with E-state index in [9.17, 15) is 33.9 Å². The molecule has 0 aromatic carbocycles. The monoisotopic (exact) mass is 544 g/mol. The Hall–Kier alpha value is -3.95. The van der Waals surface area contributed by atoms with Crippen LogP contribution >= 0.6 is 0 Å². The van der Waals surface area contributed by atoms with Gasteiger partial charge in [-0.2, -0.15) is 0 Å². The van der Waals surface area contributed by atoms with Crippen LogP contribution in [0, 0.1) is 5.92 Å². The van der Waals surface area contributed by atoms with Crippen molar-refractivity contribution in [3.8, 4) is 0 Å². The molecule has 0 aliphatic carbocycles. The molecule has 16 nitrogen and oxygen atoms in total. The Balaban J connectivity index is 5.61. The summed E-state index contributed by atoms with van der Waals surface area (Å²) in [7, 11) is 0. The predicted octanol–water partition coefficient (Wildman–Crippen LogP) is -2.92. The summed E-state index contributed by atoms with van der Waals surface area (Å²) in [5.41, 5.74) is 21.5. The summed E-state index contributed by atoms with van der Waals surface area (Å²) in [6, 6.07) is -5.10. The van der Waals surface area contributed by atoms with Crippen LogP contribution in [0.15, 0.2) is 4.99 Å². The molecule has 13 N–H and O–H groups in total. The Bertz CT molecular complexity index is 875. The molecule has 0 bridgehead atoms. The third kappa shape index (κ3) is 15.2. The first-order valence-corrected chi connectivity index (χ1v) is 12.1. The number of carboxylic acids is 2. The number of nitrogens with one attached hydrogen (secondary N) is 3. The van der Waals surface area contributed by atoms with Gasteiger partial charge in [-0.05, 0) is 38.0 Å². The van der Waals surface area contributed by atoms with Gasteiger partial charge >= 0.3 is 11.9 Å². The van der Waals surface area contributed by atoms with Crippen molar-refractivity contribution in [2.75, 3.05) is 6.54 Å². The van der Waals surface area contributed by atoms with E-state index in [-0.39, 0.29) is 50.5 Å². The third-order valence-corrected chi connectivity index (χ3v) is 5.21. The average molecular weight is 545 g/mol. The number of aliphatic carboxylic acids is 2. The van der Waals surface area contributed by atoms with E-state index in [2.05, 4.69) is 20.9 Å². The fourth-order valence-corrected chi connectivity index (χ4v) is 3.29. The van der Waals surface area contributed by atoms with Crippen LogP contribution in [-0.4, -0.2) is 82.5 Å². The lowest BCUT2D eigenvalue weighted by Gasteiger charge is -2.25. The molecule has 4 unspecified atom stereocenters. The highest BCUT2D eigenvalue weighted by molar-refractivity contribution is 5.94. The number of nitrogens with two attached hydrogens (primary N) is 4. The molecular weight excluding hydrogens is 504 g/mol. The van der Waals surface area contributed by atoms with E-state index < -0.39 is 66.2 Å². The van der Waals surface area contributed by atoms with Crippen LogP contribution < -0.4 is 38.9 Å². The maximum absolute atomic E-state index is 13.0. The van der Waals surface area contributed by atoms with Crippen LogP contribution in [0.1, 0.15) is 58.8 Å². The Labute approximate surface area is 220 Å². The van der Waals surface area contributed by atoms with Crippen molar-refractivity contribution in [2.24, 2.45) is 33.8 Å². The van der Waals surface area contributed by atoms with E-state index in [1.54, 1.807) is 0 Å². The Kier molecular flexibility index (Phi) is 15.7. The fraction of sp³-hybridized carbons (Fsp3) is 0.682. The van der Waals surface area contributed by atoms with Gasteiger partial charge < -0.3 is 49.1 Å². The van der Waals surface area contributed by atoms with Gasteiger partial charge in [-0.15, -0.1) is 0 Å². The van der Waals surface area contributed by atoms with Crippen molar-refractivity contribution in [1.29, 1.82) is 0 Å². The lowest BCUT2D eigenvalue weighted by atomic mass is 10.0. The van der Waals surface area contributed by atoms with Gasteiger partial charge in [0.05, 0.1) is 6.04 Å². The van der Waals surface area contributed by atoms with Crippen LogP contribution in [0.2, 0.25) is 0 Å². The Morgan fingerprint density at radius 2 is 1.26 bits per heavy atom. The number of carbonyl (C=O) groups is 6. The van der Waals surface area contributed by atoms with Crippen molar-refractivity contribution >= 4 is 41.5 Å². The largest absolute Gasteiger partial charge is 0.481 e. The van der Waals surface area contributed by atoms with Gasteiger partial charge in [0.15, 0.2) is 5.96 Å². The molecule has 0 fully saturated rings. The minimum Gasteiger partial charge on any atom is -0.481 e. The van der Waals surface area contributed by atoms with Gasteiger partial charge in [0.2, 0.25) is 23.6 Å². The summed E-state index contributed by atoms with van der Waals surface area (Å²) >= 11 is 0. The van der Waals surface area contributed by atoms with E-state index in [0.29, 0.717) is 6.42 Å². The molecule has 0 aliphatic rings. The zero-order valence-electron chi connectivity index (χ0n) is 21.6. The van der Waals surface area contributed by atoms with Crippen LogP contribution in [0.5, 0.6) is 0 Å². The number of aliphatic imine (C=N–C) groups is 1. The standard InChI is InChI=1S/C22H40N8O8/c1-11(2)10-12(23)18(34)28-13(5-7-16(24)31)19(35)29-14(6-8-17(32)33)20(36)30-15(21(37)38)4-3-9-27-22(25)26/h11-15H,3-10,23H2,1-2H3,(H2,24,31)(H,28,34)(H,29,35)(H,30,36)(H,32,33)(H,37,38)(H4,25,26,27). The number of carbonyl (C=O) groups excluding carboxylic acids is 4. The third-order valence-electron chi connectivity index (χ3n) is 5.21. The van der Waals surface area contributed by atoms with Crippen LogP contribution in [-0.2, 0) is 28.8 Å². The molecule has 0 saturated carbocycles. The predicted molar refractivity (Wildman–Crippen MR) is 136 cm³/mol. The van der Waals surface area contributed by atoms with E-state index in [1.165, 1.54) is 0 Å². The van der Waals surface area contributed by atoms with Gasteiger partial charge in [0.1, 0.15) is 18.1 Å². The van der Waals surface area contributed by atoms with Gasteiger partial charge in [0, 0.05) is 19.4 Å². The van der Waals surface area contributed by atoms with Crippen molar-refractivity contribution < 1.29 is 39.0 Å². The fourth-order valence-electron chi connectivity index (χ4n) is 3.29. The molecule has 4 amide bonds. The molecule has 4 atom stereocenters. The van der Waals surface area contributed by atoms with Gasteiger partial charge in [-0.1, -0.05) is 13.8 Å². The van der Waals surface area contributed by atoms with E-state index in [4.69, 9.17) is 28.0 Å². The van der Waals surface area contributed by atoms with Crippen molar-refractivity contribution in [3.05, 3.63) is 0 Å². The molecule has 0 aliphatic heterocycles. The zero-order valence-corrected chi connectivity index (χ0v) is 21.6. The Morgan fingerprint density at radius 3 is 1.71 bits per heavy atom. The molecule has 0 rings (SSSR count). The second kappa shape index (κ2) is 17.5. The Morgan fingerprint density at radius 1 is 0.763 bits per heavy atom. The number of hydrogen-bond acceptors (Lipinski definition) is 8. The number of primary amides is 1. The first-order valence-electron chi connectivity index (χ1n) is 12.1. The molecule has 16 heteroatoms. The highest BCUT2D eigenvalue weighted by Crippen LogP contribution is 2.07. The van der Waals surface area contributed by atoms with Gasteiger partial charge in [0.25, 0.3) is 0 Å². The highest BCUT2D eigenvalue weighted by Gasteiger charge is 2.30. The van der Waals surface area contributed by atoms with Crippen molar-refractivity contribution in [1.82, 2.24) is 16.0 Å². The van der Waals surface area contributed by atoms with Gasteiger partial charge in [-0.25, -0.2) is 4.79 Å². The summed E-state index contributed by atoms with van der Waals surface area (Å²) in [5.74, 6) is -5.98. The summed E-state index contributed by atoms with van der Waals surface area (Å²) in [6.45, 7) is 3.81. The molecule has 0 radical (unpaired) electrons. The number of nitrogens with zero attached hydrogens (tertiary/aromatic N) is 1. The van der Waals surface area contributed by atoms with E-state index in [0.717, 1.165) is 0 Å². The first kappa shape index (κ1) is 34.0. The second-order valence-corrected chi connectivity index (χ2v) is 9.14. The minimum absolute atomic E-state index is 0.0531. The van der Waals surface area contributed by atoms with Gasteiger partial charge in [-0.3, -0.25) is 29.0 Å². The van der Waals surface area contributed by atoms with E-state index >= 15 is 0 Å². The normalized spacial score (nSPS) is 13.9. The molecular formula is C22H40N8O8. The molecule has 0 aromatic heterocycles. The highest BCUT2D eigenvalue weighted by atomic mass is 16.4. The zero-order chi connectivity index (χ0) is 29.4. The summed E-state index contributed by atoms with van der Waals surface area (Å²) in [4.78, 5) is 76.0. The quantitative estimate of drug-likeness (QED) is 0.0450. The second-order valence-electron chi connectivity index (χ2n) is 9.14. The van der Waals surface area contributed by atoms with Crippen LogP contribution in [0.3, 0.4) is 0 Å². The summed E-state index contributed by atoms with van der Waals surface area (Å²) < 4.78 is 0. The molecule has 216 valence electrons. The number of carboxylic acid groups (broad SMARTS) is 2. The smallest absolute Gasteiger partial charge is 0.326 e. The van der Waals surface area contributed by atoms with Crippen LogP contribution in [0.25, 0.3) is 0 Å². The molecule has 0 saturated heterocycles. The lowest BCUT2D eigenvalue weighted by Crippen LogP contribution is -2.57. The molecule has 0 aromatic rings. The number of guanidine groups is 1. The number of amides is 4. The maximum Gasteiger partial charge on any atom is 0.326 e. The van der Waals surface area contributed by atoms with Crippen molar-refractivity contribution in [2.45, 2.75) is 83.0 Å². The number of hydrogen-bond donors (Lipinski definition) is 9. The minimum atomic E-state index is -1.46. The summed E-state index contributed by atoms with van der Waals surface area (Å²) in [5, 5.41) is 25.5. The lowest BCUT2D eigenvalue weighted by molar-refractivity contribution is -0.143.